The van der Waals surface area contributed by atoms with Crippen LogP contribution in [-0.2, 0) is 0 Å². The average Bonchev–Trinajstić information content (AvgIpc) is 2.43. The van der Waals surface area contributed by atoms with Crippen LogP contribution in [0.1, 0.15) is 31.7 Å². The largest absolute Gasteiger partial charge is 0.450 e. The molecule has 0 bridgehead atoms. The van der Waals surface area contributed by atoms with Crippen molar-refractivity contribution in [3.05, 3.63) is 48.0 Å². The number of hydrogen-bond acceptors (Lipinski definition) is 2. The summed E-state index contributed by atoms with van der Waals surface area (Å²) in [7, 11) is 0. The third kappa shape index (κ3) is 1.84. The second-order valence-corrected chi connectivity index (χ2v) is 4.67. The number of fused-ring (bicyclic) bond motifs is 2. The molecule has 0 fully saturated rings. The van der Waals surface area contributed by atoms with E-state index in [0.717, 1.165) is 29.4 Å². The minimum absolute atomic E-state index is 0.538. The number of para-hydroxylation sites is 2. The highest BCUT2D eigenvalue weighted by atomic mass is 16.6. The van der Waals surface area contributed by atoms with Gasteiger partial charge in [-0.15, -0.1) is 0 Å². The smallest absolute Gasteiger partial charge is 0.170 e. The standard InChI is InChI=1S/C16H16O2/c1-3-11(2)12-8-9-15-16(10-12)18-14-7-5-4-6-13(14)17-15/h4-11H,3H2,1-2H3. The van der Waals surface area contributed by atoms with Crippen LogP contribution in [0.4, 0.5) is 0 Å². The molecule has 0 aromatic heterocycles. The van der Waals surface area contributed by atoms with Crippen molar-refractivity contribution in [2.45, 2.75) is 26.2 Å². The van der Waals surface area contributed by atoms with Crippen LogP contribution in [0.25, 0.3) is 0 Å². The summed E-state index contributed by atoms with van der Waals surface area (Å²) in [6, 6.07) is 13.9. The summed E-state index contributed by atoms with van der Waals surface area (Å²) in [6.07, 6.45) is 1.12. The van der Waals surface area contributed by atoms with Crippen LogP contribution in [-0.4, -0.2) is 0 Å². The van der Waals surface area contributed by atoms with E-state index >= 15 is 0 Å². The van der Waals surface area contributed by atoms with E-state index < -0.39 is 0 Å². The van der Waals surface area contributed by atoms with E-state index in [-0.39, 0.29) is 0 Å². The molecule has 1 atom stereocenters. The Labute approximate surface area is 107 Å². The molecule has 0 spiro atoms. The molecule has 92 valence electrons. The number of benzene rings is 2. The Morgan fingerprint density at radius 3 is 2.17 bits per heavy atom. The molecule has 0 amide bonds. The van der Waals surface area contributed by atoms with Crippen molar-refractivity contribution in [2.24, 2.45) is 0 Å². The van der Waals surface area contributed by atoms with Gasteiger partial charge in [0.2, 0.25) is 0 Å². The molecule has 3 rings (SSSR count). The first-order valence-corrected chi connectivity index (χ1v) is 6.36. The van der Waals surface area contributed by atoms with Crippen LogP contribution in [0.15, 0.2) is 42.5 Å². The summed E-state index contributed by atoms with van der Waals surface area (Å²) in [5, 5.41) is 0. The second kappa shape index (κ2) is 4.37. The first-order chi connectivity index (χ1) is 8.78. The molecular weight excluding hydrogens is 224 g/mol. The lowest BCUT2D eigenvalue weighted by Gasteiger charge is -2.21. The molecule has 0 aliphatic carbocycles. The van der Waals surface area contributed by atoms with Crippen molar-refractivity contribution >= 4 is 0 Å². The highest BCUT2D eigenvalue weighted by Crippen LogP contribution is 2.45. The predicted octanol–water partition coefficient (Wildman–Crippen LogP) is 5.10. The van der Waals surface area contributed by atoms with Crippen molar-refractivity contribution < 1.29 is 9.47 Å². The molecular formula is C16H16O2. The molecule has 1 unspecified atom stereocenters. The molecule has 18 heavy (non-hydrogen) atoms. The van der Waals surface area contributed by atoms with Gasteiger partial charge < -0.3 is 9.47 Å². The molecule has 0 N–H and O–H groups in total. The first-order valence-electron chi connectivity index (χ1n) is 6.36. The number of rotatable bonds is 2. The van der Waals surface area contributed by atoms with Gasteiger partial charge in [-0.2, -0.15) is 0 Å². The Hall–Kier alpha value is -1.96. The molecule has 1 heterocycles. The minimum atomic E-state index is 0.538. The van der Waals surface area contributed by atoms with Gasteiger partial charge in [-0.05, 0) is 42.2 Å². The molecule has 0 saturated heterocycles. The highest BCUT2D eigenvalue weighted by Gasteiger charge is 2.19. The zero-order valence-corrected chi connectivity index (χ0v) is 10.6. The molecule has 0 saturated carbocycles. The zero-order valence-electron chi connectivity index (χ0n) is 10.6. The molecule has 2 nitrogen and oxygen atoms in total. The van der Waals surface area contributed by atoms with Gasteiger partial charge in [0, 0.05) is 0 Å². The van der Waals surface area contributed by atoms with E-state index in [2.05, 4.69) is 26.0 Å². The van der Waals surface area contributed by atoms with E-state index in [1.807, 2.05) is 30.3 Å². The minimum Gasteiger partial charge on any atom is -0.450 e. The summed E-state index contributed by atoms with van der Waals surface area (Å²) in [5.74, 6) is 3.70. The quantitative estimate of drug-likeness (QED) is 0.620. The molecule has 2 heteroatoms. The van der Waals surface area contributed by atoms with E-state index in [1.165, 1.54) is 5.56 Å². The van der Waals surface area contributed by atoms with Gasteiger partial charge in [0.1, 0.15) is 0 Å². The van der Waals surface area contributed by atoms with Crippen molar-refractivity contribution in [3.63, 3.8) is 0 Å². The lowest BCUT2D eigenvalue weighted by molar-refractivity contribution is 0.359. The summed E-state index contributed by atoms with van der Waals surface area (Å²) < 4.78 is 11.7. The number of ether oxygens (including phenoxy) is 2. The summed E-state index contributed by atoms with van der Waals surface area (Å²) in [6.45, 7) is 4.41. The highest BCUT2D eigenvalue weighted by molar-refractivity contribution is 5.55. The third-order valence-electron chi connectivity index (χ3n) is 3.44. The maximum absolute atomic E-state index is 5.89. The topological polar surface area (TPSA) is 18.5 Å². The van der Waals surface area contributed by atoms with Gasteiger partial charge in [-0.3, -0.25) is 0 Å². The van der Waals surface area contributed by atoms with Gasteiger partial charge in [0.15, 0.2) is 23.0 Å². The lowest BCUT2D eigenvalue weighted by Crippen LogP contribution is -2.00. The predicted molar refractivity (Wildman–Crippen MR) is 71.7 cm³/mol. The average molecular weight is 240 g/mol. The van der Waals surface area contributed by atoms with Crippen molar-refractivity contribution in [2.75, 3.05) is 0 Å². The molecule has 2 aromatic carbocycles. The summed E-state index contributed by atoms with van der Waals surface area (Å²) in [5.41, 5.74) is 1.29. The van der Waals surface area contributed by atoms with E-state index in [4.69, 9.17) is 9.47 Å². The number of hydrogen-bond donors (Lipinski definition) is 0. The van der Waals surface area contributed by atoms with Gasteiger partial charge in [0.05, 0.1) is 0 Å². The van der Waals surface area contributed by atoms with Crippen molar-refractivity contribution in [3.8, 4) is 23.0 Å². The van der Waals surface area contributed by atoms with Crippen LogP contribution in [0, 0.1) is 0 Å². The van der Waals surface area contributed by atoms with Gasteiger partial charge >= 0.3 is 0 Å². The Bertz CT molecular complexity index is 575. The normalized spacial score (nSPS) is 13.9. The van der Waals surface area contributed by atoms with Crippen LogP contribution >= 0.6 is 0 Å². The lowest BCUT2D eigenvalue weighted by atomic mass is 9.98. The molecule has 0 radical (unpaired) electrons. The van der Waals surface area contributed by atoms with Gasteiger partial charge in [0.25, 0.3) is 0 Å². The molecule has 2 aromatic rings. The maximum Gasteiger partial charge on any atom is 0.170 e. The van der Waals surface area contributed by atoms with Crippen LogP contribution in [0.5, 0.6) is 23.0 Å². The third-order valence-corrected chi connectivity index (χ3v) is 3.44. The van der Waals surface area contributed by atoms with Crippen molar-refractivity contribution in [1.29, 1.82) is 0 Å². The molecule has 1 aliphatic rings. The Kier molecular flexibility index (Phi) is 2.71. The second-order valence-electron chi connectivity index (χ2n) is 4.67. The Balaban J connectivity index is 1.98. The van der Waals surface area contributed by atoms with E-state index in [9.17, 15) is 0 Å². The zero-order chi connectivity index (χ0) is 12.5. The Morgan fingerprint density at radius 1 is 0.889 bits per heavy atom. The fourth-order valence-corrected chi connectivity index (χ4v) is 2.09. The van der Waals surface area contributed by atoms with Gasteiger partial charge in [-0.1, -0.05) is 32.0 Å². The molecule has 1 aliphatic heterocycles. The van der Waals surface area contributed by atoms with Crippen molar-refractivity contribution in [1.82, 2.24) is 0 Å². The van der Waals surface area contributed by atoms with Gasteiger partial charge in [-0.25, -0.2) is 0 Å². The summed E-state index contributed by atoms with van der Waals surface area (Å²) >= 11 is 0. The van der Waals surface area contributed by atoms with E-state index in [0.29, 0.717) is 5.92 Å². The van der Waals surface area contributed by atoms with Crippen LogP contribution < -0.4 is 9.47 Å². The monoisotopic (exact) mass is 240 g/mol. The fraction of sp³-hybridized carbons (Fsp3) is 0.250. The Morgan fingerprint density at radius 2 is 1.50 bits per heavy atom. The van der Waals surface area contributed by atoms with Crippen LogP contribution in [0.2, 0.25) is 0 Å². The maximum atomic E-state index is 5.89. The van der Waals surface area contributed by atoms with E-state index in [1.54, 1.807) is 0 Å². The first kappa shape index (κ1) is 11.1. The van der Waals surface area contributed by atoms with Crippen LogP contribution in [0.3, 0.4) is 0 Å². The fourth-order valence-electron chi connectivity index (χ4n) is 2.09. The summed E-state index contributed by atoms with van der Waals surface area (Å²) in [4.78, 5) is 0. The SMILES string of the molecule is CCC(C)c1ccc2c(c1)Oc1ccccc1O2.